The highest BCUT2D eigenvalue weighted by Crippen LogP contribution is 2.31. The second kappa shape index (κ2) is 9.00. The lowest BCUT2D eigenvalue weighted by molar-refractivity contribution is -0.122. The molecule has 2 atom stereocenters. The molecule has 8 heteroatoms. The molecule has 1 aliphatic heterocycles. The first-order valence-corrected chi connectivity index (χ1v) is 10.1. The number of anilines is 2. The van der Waals surface area contributed by atoms with Crippen LogP contribution in [-0.4, -0.2) is 41.8 Å². The van der Waals surface area contributed by atoms with Crippen molar-refractivity contribution in [3.05, 3.63) is 48.0 Å². The number of fused-ring (bicyclic) bond motifs is 1. The lowest BCUT2D eigenvalue weighted by atomic mass is 10.1. The Balaban J connectivity index is 1.55. The van der Waals surface area contributed by atoms with E-state index < -0.39 is 11.4 Å². The Hall–Kier alpha value is -3.00. The van der Waals surface area contributed by atoms with Gasteiger partial charge >= 0.3 is 0 Å². The van der Waals surface area contributed by atoms with E-state index in [9.17, 15) is 14.4 Å². The summed E-state index contributed by atoms with van der Waals surface area (Å²) in [5.41, 5.74) is 1.60. The molecule has 2 N–H and O–H groups in total. The monoisotopic (exact) mass is 414 g/mol. The van der Waals surface area contributed by atoms with Crippen molar-refractivity contribution < 1.29 is 23.9 Å². The van der Waals surface area contributed by atoms with E-state index in [1.807, 2.05) is 0 Å². The second-order valence-corrected chi connectivity index (χ2v) is 7.88. The fourth-order valence-electron chi connectivity index (χ4n) is 2.74. The molecule has 1 heterocycles. The molecule has 152 valence electrons. The maximum Gasteiger partial charge on any atom is 0.265 e. The van der Waals surface area contributed by atoms with Gasteiger partial charge in [0.1, 0.15) is 11.5 Å². The Bertz CT molecular complexity index is 929. The number of hydrogen-bond donors (Lipinski definition) is 2. The Morgan fingerprint density at radius 1 is 1.24 bits per heavy atom. The summed E-state index contributed by atoms with van der Waals surface area (Å²) in [5.74, 6) is 0.814. The summed E-state index contributed by atoms with van der Waals surface area (Å²) in [6, 6.07) is 12.0. The zero-order valence-corrected chi connectivity index (χ0v) is 17.2. The Morgan fingerprint density at radius 2 is 1.97 bits per heavy atom. The number of methoxy groups -OCH3 is 1. The van der Waals surface area contributed by atoms with Crippen molar-refractivity contribution in [3.8, 4) is 11.5 Å². The van der Waals surface area contributed by atoms with Crippen LogP contribution in [-0.2, 0) is 9.59 Å². The zero-order chi connectivity index (χ0) is 21.0. The molecule has 0 radical (unpaired) electrons. The Morgan fingerprint density at radius 3 is 2.66 bits per heavy atom. The smallest absolute Gasteiger partial charge is 0.265 e. The van der Waals surface area contributed by atoms with Crippen LogP contribution in [0.3, 0.4) is 0 Å². The third-order valence-electron chi connectivity index (χ3n) is 4.40. The maximum atomic E-state index is 12.7. The van der Waals surface area contributed by atoms with E-state index in [1.165, 1.54) is 11.8 Å². The van der Waals surface area contributed by atoms with E-state index >= 15 is 0 Å². The fraction of sp³-hybridized carbons (Fsp3) is 0.286. The summed E-state index contributed by atoms with van der Waals surface area (Å²) in [5, 5.41) is 5.10. The number of amides is 2. The van der Waals surface area contributed by atoms with E-state index in [4.69, 9.17) is 9.47 Å². The number of ether oxygens (including phenoxy) is 2. The van der Waals surface area contributed by atoms with E-state index in [2.05, 4.69) is 10.6 Å². The van der Waals surface area contributed by atoms with Crippen LogP contribution < -0.4 is 20.1 Å². The van der Waals surface area contributed by atoms with Crippen molar-refractivity contribution in [1.82, 2.24) is 0 Å². The normalized spacial score (nSPS) is 16.1. The minimum atomic E-state index is -0.567. The van der Waals surface area contributed by atoms with E-state index in [1.54, 1.807) is 63.4 Å². The van der Waals surface area contributed by atoms with Crippen molar-refractivity contribution in [1.29, 1.82) is 0 Å². The highest BCUT2D eigenvalue weighted by atomic mass is 32.2. The van der Waals surface area contributed by atoms with Gasteiger partial charge in [-0.05, 0) is 56.3 Å². The van der Waals surface area contributed by atoms with Crippen LogP contribution in [0.4, 0.5) is 11.4 Å². The van der Waals surface area contributed by atoms with Gasteiger partial charge in [0.2, 0.25) is 5.91 Å². The summed E-state index contributed by atoms with van der Waals surface area (Å²) in [6.07, 6.45) is -0.567. The van der Waals surface area contributed by atoms with Gasteiger partial charge in [0.05, 0.1) is 23.8 Å². The summed E-state index contributed by atoms with van der Waals surface area (Å²) in [4.78, 5) is 36.6. The average Bonchev–Trinajstić information content (AvgIpc) is 2.72. The quantitative estimate of drug-likeness (QED) is 0.675. The molecule has 3 rings (SSSR count). The van der Waals surface area contributed by atoms with Crippen LogP contribution in [0.15, 0.2) is 42.5 Å². The van der Waals surface area contributed by atoms with Crippen LogP contribution in [0.1, 0.15) is 24.2 Å². The molecule has 0 aromatic heterocycles. The molecule has 0 bridgehead atoms. The SMILES string of the molecule is COc1ccc(NC(=O)CSC(C)C(=O)c2ccc3c(c2)NC(=O)C(C)O3)cc1. The van der Waals surface area contributed by atoms with Gasteiger partial charge in [-0.1, -0.05) is 0 Å². The molecule has 2 aromatic rings. The zero-order valence-electron chi connectivity index (χ0n) is 16.4. The van der Waals surface area contributed by atoms with E-state index in [-0.39, 0.29) is 23.4 Å². The number of rotatable bonds is 7. The van der Waals surface area contributed by atoms with E-state index in [0.717, 1.165) is 0 Å². The molecule has 0 aliphatic carbocycles. The maximum absolute atomic E-state index is 12.7. The molecule has 0 spiro atoms. The number of thioether (sulfide) groups is 1. The molecule has 1 aliphatic rings. The standard InChI is InChI=1S/C21H22N2O5S/c1-12-21(26)23-17-10-14(4-9-18(17)28-12)20(25)13(2)29-11-19(24)22-15-5-7-16(27-3)8-6-15/h4-10,12-13H,11H2,1-3H3,(H,22,24)(H,23,26). The van der Waals surface area contributed by atoms with Gasteiger partial charge < -0.3 is 20.1 Å². The third-order valence-corrected chi connectivity index (χ3v) is 5.55. The molecular formula is C21H22N2O5S. The van der Waals surface area contributed by atoms with Crippen LogP contribution in [0.5, 0.6) is 11.5 Å². The Kier molecular flexibility index (Phi) is 6.43. The largest absolute Gasteiger partial charge is 0.497 e. The number of nitrogens with one attached hydrogen (secondary N) is 2. The number of ketones is 1. The van der Waals surface area contributed by atoms with Crippen LogP contribution in [0.25, 0.3) is 0 Å². The second-order valence-electron chi connectivity index (χ2n) is 6.55. The van der Waals surface area contributed by atoms with Gasteiger partial charge in [-0.15, -0.1) is 11.8 Å². The summed E-state index contributed by atoms with van der Waals surface area (Å²) >= 11 is 1.25. The van der Waals surface area contributed by atoms with Crippen molar-refractivity contribution in [2.75, 3.05) is 23.5 Å². The number of benzene rings is 2. The van der Waals surface area contributed by atoms with Crippen molar-refractivity contribution >= 4 is 40.7 Å². The third kappa shape index (κ3) is 5.08. The molecule has 0 saturated carbocycles. The van der Waals surface area contributed by atoms with Gasteiger partial charge in [0.25, 0.3) is 5.91 Å². The molecule has 0 saturated heterocycles. The summed E-state index contributed by atoms with van der Waals surface area (Å²) in [6.45, 7) is 3.41. The summed E-state index contributed by atoms with van der Waals surface area (Å²) < 4.78 is 10.6. The van der Waals surface area contributed by atoms with Gasteiger partial charge in [0.15, 0.2) is 11.9 Å². The van der Waals surface area contributed by atoms with Gasteiger partial charge in [-0.3, -0.25) is 14.4 Å². The lowest BCUT2D eigenvalue weighted by Gasteiger charge is -2.23. The van der Waals surface area contributed by atoms with Crippen molar-refractivity contribution in [3.63, 3.8) is 0 Å². The van der Waals surface area contributed by atoms with Crippen molar-refractivity contribution in [2.24, 2.45) is 0 Å². The van der Waals surface area contributed by atoms with Crippen LogP contribution >= 0.6 is 11.8 Å². The highest BCUT2D eigenvalue weighted by Gasteiger charge is 2.25. The fourth-order valence-corrected chi connectivity index (χ4v) is 3.51. The molecule has 7 nitrogen and oxygen atoms in total. The average molecular weight is 414 g/mol. The van der Waals surface area contributed by atoms with E-state index in [0.29, 0.717) is 28.4 Å². The number of hydrogen-bond acceptors (Lipinski definition) is 6. The molecular weight excluding hydrogens is 392 g/mol. The van der Waals surface area contributed by atoms with Gasteiger partial charge in [0, 0.05) is 11.3 Å². The molecule has 2 unspecified atom stereocenters. The first kappa shape index (κ1) is 20.7. The molecule has 2 aromatic carbocycles. The molecule has 0 fully saturated rings. The Labute approximate surface area is 173 Å². The molecule has 2 amide bonds. The van der Waals surface area contributed by atoms with Gasteiger partial charge in [-0.2, -0.15) is 0 Å². The molecule has 29 heavy (non-hydrogen) atoms. The lowest BCUT2D eigenvalue weighted by Crippen LogP contribution is -2.34. The minimum Gasteiger partial charge on any atom is -0.497 e. The van der Waals surface area contributed by atoms with Gasteiger partial charge in [-0.25, -0.2) is 0 Å². The number of carbonyl (C=O) groups excluding carboxylic acids is 3. The first-order chi connectivity index (χ1) is 13.9. The predicted octanol–water partition coefficient (Wildman–Crippen LogP) is 3.36. The van der Waals surface area contributed by atoms with Crippen molar-refractivity contribution in [2.45, 2.75) is 25.2 Å². The first-order valence-electron chi connectivity index (χ1n) is 9.08. The summed E-state index contributed by atoms with van der Waals surface area (Å²) in [7, 11) is 1.58. The minimum absolute atomic E-state index is 0.122. The topological polar surface area (TPSA) is 93.7 Å². The number of carbonyl (C=O) groups is 3. The highest BCUT2D eigenvalue weighted by molar-refractivity contribution is 8.01. The van der Waals surface area contributed by atoms with Crippen LogP contribution in [0, 0.1) is 0 Å². The predicted molar refractivity (Wildman–Crippen MR) is 113 cm³/mol. The van der Waals surface area contributed by atoms with Crippen LogP contribution in [0.2, 0.25) is 0 Å². The number of Topliss-reactive ketones (excluding diaryl/α,β-unsaturated/α-hetero) is 1.